The smallest absolute Gasteiger partial charge is 0.231 e. The molecule has 0 N–H and O–H groups in total. The van der Waals surface area contributed by atoms with Crippen LogP contribution < -0.4 is 18.9 Å². The van der Waals surface area contributed by atoms with Crippen LogP contribution >= 0.6 is 0 Å². The fourth-order valence-electron chi connectivity index (χ4n) is 2.14. The molecule has 0 radical (unpaired) electrons. The average molecular weight is 286 g/mol. The first-order valence-corrected chi connectivity index (χ1v) is 7.09. The number of hydrogen-bond donors (Lipinski definition) is 0. The fourth-order valence-corrected chi connectivity index (χ4v) is 2.14. The van der Waals surface area contributed by atoms with E-state index in [0.717, 1.165) is 29.4 Å². The molecule has 1 aliphatic rings. The quantitative estimate of drug-likeness (QED) is 0.762. The van der Waals surface area contributed by atoms with Gasteiger partial charge < -0.3 is 18.9 Å². The van der Waals surface area contributed by atoms with Crippen LogP contribution in [0.2, 0.25) is 0 Å². The number of benzene rings is 2. The predicted octanol–water partition coefficient (Wildman–Crippen LogP) is 3.44. The van der Waals surface area contributed by atoms with Crippen LogP contribution in [-0.2, 0) is 6.42 Å². The highest BCUT2D eigenvalue weighted by Crippen LogP contribution is 2.35. The van der Waals surface area contributed by atoms with Crippen molar-refractivity contribution in [1.82, 2.24) is 0 Å². The molecule has 4 heteroatoms. The molecule has 0 atom stereocenters. The molecule has 0 bridgehead atoms. The van der Waals surface area contributed by atoms with Crippen LogP contribution in [-0.4, -0.2) is 20.0 Å². The first-order chi connectivity index (χ1) is 10.3. The van der Waals surface area contributed by atoms with Gasteiger partial charge in [0.15, 0.2) is 11.5 Å². The third kappa shape index (κ3) is 3.40. The van der Waals surface area contributed by atoms with Gasteiger partial charge in [-0.15, -0.1) is 0 Å². The molecule has 0 saturated carbocycles. The van der Waals surface area contributed by atoms with E-state index in [1.165, 1.54) is 5.56 Å². The summed E-state index contributed by atoms with van der Waals surface area (Å²) < 4.78 is 21.9. The third-order valence-corrected chi connectivity index (χ3v) is 3.27. The van der Waals surface area contributed by atoms with Crippen molar-refractivity contribution < 1.29 is 18.9 Å². The molecule has 0 spiro atoms. The lowest BCUT2D eigenvalue weighted by molar-refractivity contribution is 0.173. The fraction of sp³-hybridized carbons (Fsp3) is 0.294. The maximum Gasteiger partial charge on any atom is 0.231 e. The van der Waals surface area contributed by atoms with Gasteiger partial charge in [0.2, 0.25) is 6.79 Å². The first-order valence-electron chi connectivity index (χ1n) is 7.09. The van der Waals surface area contributed by atoms with Crippen LogP contribution in [0.25, 0.3) is 0 Å². The van der Waals surface area contributed by atoms with Crippen molar-refractivity contribution in [1.29, 1.82) is 0 Å². The van der Waals surface area contributed by atoms with Crippen molar-refractivity contribution in [3.8, 4) is 23.0 Å². The van der Waals surface area contributed by atoms with Crippen LogP contribution in [0, 0.1) is 0 Å². The highest BCUT2D eigenvalue weighted by atomic mass is 16.7. The van der Waals surface area contributed by atoms with Gasteiger partial charge in [0.05, 0.1) is 0 Å². The van der Waals surface area contributed by atoms with Crippen molar-refractivity contribution in [2.45, 2.75) is 13.3 Å². The summed E-state index contributed by atoms with van der Waals surface area (Å²) >= 11 is 0. The lowest BCUT2D eigenvalue weighted by atomic mass is 10.2. The lowest BCUT2D eigenvalue weighted by Gasteiger charge is -2.09. The Hall–Kier alpha value is -2.36. The summed E-state index contributed by atoms with van der Waals surface area (Å²) in [5.41, 5.74) is 1.27. The zero-order valence-electron chi connectivity index (χ0n) is 12.0. The molecular formula is C17H18O4. The normalized spacial score (nSPS) is 12.2. The molecule has 0 aliphatic carbocycles. The Bertz CT molecular complexity index is 609. The molecule has 21 heavy (non-hydrogen) atoms. The van der Waals surface area contributed by atoms with Gasteiger partial charge in [-0.3, -0.25) is 0 Å². The minimum absolute atomic E-state index is 0.273. The average Bonchev–Trinajstić information content (AvgIpc) is 2.99. The van der Waals surface area contributed by atoms with E-state index in [9.17, 15) is 0 Å². The number of aryl methyl sites for hydroxylation is 1. The molecule has 1 heterocycles. The van der Waals surface area contributed by atoms with Crippen LogP contribution in [0.5, 0.6) is 23.0 Å². The molecule has 4 nitrogen and oxygen atoms in total. The molecule has 0 amide bonds. The highest BCUT2D eigenvalue weighted by Gasteiger charge is 2.13. The van der Waals surface area contributed by atoms with Gasteiger partial charge in [0.1, 0.15) is 24.7 Å². The first kappa shape index (κ1) is 13.6. The zero-order chi connectivity index (χ0) is 14.5. The van der Waals surface area contributed by atoms with Crippen molar-refractivity contribution in [3.05, 3.63) is 48.0 Å². The number of hydrogen-bond acceptors (Lipinski definition) is 4. The van der Waals surface area contributed by atoms with E-state index in [2.05, 4.69) is 19.1 Å². The Labute approximate surface area is 124 Å². The Morgan fingerprint density at radius 2 is 1.67 bits per heavy atom. The zero-order valence-corrected chi connectivity index (χ0v) is 12.0. The molecule has 110 valence electrons. The van der Waals surface area contributed by atoms with Crippen LogP contribution in [0.4, 0.5) is 0 Å². The molecule has 1 aliphatic heterocycles. The summed E-state index contributed by atoms with van der Waals surface area (Å²) in [4.78, 5) is 0. The van der Waals surface area contributed by atoms with E-state index < -0.39 is 0 Å². The highest BCUT2D eigenvalue weighted by molar-refractivity contribution is 5.46. The molecule has 0 saturated heterocycles. The SMILES string of the molecule is CCc1cccc(OCCOc2ccc3c(c2)OCO3)c1. The molecule has 2 aromatic rings. The lowest BCUT2D eigenvalue weighted by Crippen LogP contribution is -2.09. The molecule has 0 aromatic heterocycles. The summed E-state index contributed by atoms with van der Waals surface area (Å²) in [6.45, 7) is 3.38. The second kappa shape index (κ2) is 6.39. The topological polar surface area (TPSA) is 36.9 Å². The van der Waals surface area contributed by atoms with Crippen molar-refractivity contribution in [2.75, 3.05) is 20.0 Å². The van der Waals surface area contributed by atoms with E-state index in [1.54, 1.807) is 0 Å². The Morgan fingerprint density at radius 3 is 2.48 bits per heavy atom. The maximum absolute atomic E-state index is 5.68. The third-order valence-electron chi connectivity index (χ3n) is 3.27. The predicted molar refractivity (Wildman–Crippen MR) is 79.4 cm³/mol. The van der Waals surface area contributed by atoms with Gasteiger partial charge >= 0.3 is 0 Å². The number of ether oxygens (including phenoxy) is 4. The van der Waals surface area contributed by atoms with E-state index in [4.69, 9.17) is 18.9 Å². The summed E-state index contributed by atoms with van der Waals surface area (Å²) in [5.74, 6) is 3.12. The van der Waals surface area contributed by atoms with Gasteiger partial charge in [-0.05, 0) is 36.2 Å². The second-order valence-electron chi connectivity index (χ2n) is 4.71. The Kier molecular flexibility index (Phi) is 4.15. The van der Waals surface area contributed by atoms with Crippen LogP contribution in [0.1, 0.15) is 12.5 Å². The minimum Gasteiger partial charge on any atom is -0.490 e. The largest absolute Gasteiger partial charge is 0.490 e. The van der Waals surface area contributed by atoms with Crippen LogP contribution in [0.3, 0.4) is 0 Å². The number of fused-ring (bicyclic) bond motifs is 1. The van der Waals surface area contributed by atoms with Crippen LogP contribution in [0.15, 0.2) is 42.5 Å². The Balaban J connectivity index is 1.47. The van der Waals surface area contributed by atoms with Gasteiger partial charge in [-0.2, -0.15) is 0 Å². The Morgan fingerprint density at radius 1 is 0.905 bits per heavy atom. The molecule has 2 aromatic carbocycles. The summed E-state index contributed by atoms with van der Waals surface area (Å²) in [7, 11) is 0. The minimum atomic E-state index is 0.273. The van der Waals surface area contributed by atoms with E-state index in [1.807, 2.05) is 30.3 Å². The van der Waals surface area contributed by atoms with Gasteiger partial charge in [0.25, 0.3) is 0 Å². The molecule has 0 unspecified atom stereocenters. The maximum atomic E-state index is 5.68. The molecule has 3 rings (SSSR count). The van der Waals surface area contributed by atoms with E-state index in [0.29, 0.717) is 13.2 Å². The van der Waals surface area contributed by atoms with Crippen molar-refractivity contribution >= 4 is 0 Å². The van der Waals surface area contributed by atoms with E-state index in [-0.39, 0.29) is 6.79 Å². The second-order valence-corrected chi connectivity index (χ2v) is 4.71. The summed E-state index contributed by atoms with van der Waals surface area (Å²) in [6, 6.07) is 13.7. The summed E-state index contributed by atoms with van der Waals surface area (Å²) in [6.07, 6.45) is 1.00. The van der Waals surface area contributed by atoms with Gasteiger partial charge in [0, 0.05) is 6.07 Å². The van der Waals surface area contributed by atoms with Crippen molar-refractivity contribution in [3.63, 3.8) is 0 Å². The standard InChI is InChI=1S/C17H18O4/c1-2-13-4-3-5-14(10-13)18-8-9-19-15-6-7-16-17(11-15)21-12-20-16/h3-7,10-11H,2,8-9,12H2,1H3. The number of rotatable bonds is 6. The van der Waals surface area contributed by atoms with Gasteiger partial charge in [-0.1, -0.05) is 19.1 Å². The van der Waals surface area contributed by atoms with Gasteiger partial charge in [-0.25, -0.2) is 0 Å². The monoisotopic (exact) mass is 286 g/mol. The summed E-state index contributed by atoms with van der Waals surface area (Å²) in [5, 5.41) is 0. The molecular weight excluding hydrogens is 268 g/mol. The van der Waals surface area contributed by atoms with E-state index >= 15 is 0 Å². The van der Waals surface area contributed by atoms with Crippen molar-refractivity contribution in [2.24, 2.45) is 0 Å². The molecule has 0 fully saturated rings.